The lowest BCUT2D eigenvalue weighted by atomic mass is 9.97. The minimum absolute atomic E-state index is 0.0246. The SMILES string of the molecule is CCC(NC(=O)C1CCCC(C)N1)C(C)C. The van der Waals surface area contributed by atoms with Gasteiger partial charge >= 0.3 is 0 Å². The fraction of sp³-hybridized carbons (Fsp3) is 0.923. The Hall–Kier alpha value is -0.570. The standard InChI is InChI=1S/C13H26N2O/c1-5-11(9(2)3)15-13(16)12-8-6-7-10(4)14-12/h9-12,14H,5-8H2,1-4H3,(H,15,16). The fourth-order valence-electron chi connectivity index (χ4n) is 2.37. The monoisotopic (exact) mass is 226 g/mol. The molecule has 1 fully saturated rings. The largest absolute Gasteiger partial charge is 0.352 e. The Morgan fingerprint density at radius 1 is 1.44 bits per heavy atom. The van der Waals surface area contributed by atoms with Crippen molar-refractivity contribution in [3.05, 3.63) is 0 Å². The second kappa shape index (κ2) is 6.24. The molecule has 1 aliphatic rings. The molecule has 0 aromatic carbocycles. The summed E-state index contributed by atoms with van der Waals surface area (Å²) >= 11 is 0. The van der Waals surface area contributed by atoms with Gasteiger partial charge in [-0.1, -0.05) is 20.8 Å². The van der Waals surface area contributed by atoms with E-state index in [-0.39, 0.29) is 11.9 Å². The fourth-order valence-corrected chi connectivity index (χ4v) is 2.37. The predicted molar refractivity (Wildman–Crippen MR) is 67.3 cm³/mol. The maximum Gasteiger partial charge on any atom is 0.237 e. The highest BCUT2D eigenvalue weighted by Gasteiger charge is 2.25. The summed E-state index contributed by atoms with van der Waals surface area (Å²) in [6, 6.07) is 0.812. The molecule has 0 aliphatic carbocycles. The van der Waals surface area contributed by atoms with Crippen LogP contribution in [0.4, 0.5) is 0 Å². The first-order chi connectivity index (χ1) is 7.54. The number of hydrogen-bond acceptors (Lipinski definition) is 2. The highest BCUT2D eigenvalue weighted by atomic mass is 16.2. The summed E-state index contributed by atoms with van der Waals surface area (Å²) in [6.07, 6.45) is 4.33. The molecule has 2 N–H and O–H groups in total. The van der Waals surface area contributed by atoms with Gasteiger partial charge in [-0.25, -0.2) is 0 Å². The van der Waals surface area contributed by atoms with Gasteiger partial charge in [0, 0.05) is 12.1 Å². The summed E-state index contributed by atoms with van der Waals surface area (Å²) in [6.45, 7) is 8.60. The number of hydrogen-bond donors (Lipinski definition) is 2. The topological polar surface area (TPSA) is 41.1 Å². The van der Waals surface area contributed by atoms with E-state index in [1.165, 1.54) is 6.42 Å². The first kappa shape index (κ1) is 13.5. The summed E-state index contributed by atoms with van der Waals surface area (Å²) < 4.78 is 0. The van der Waals surface area contributed by atoms with Crippen LogP contribution in [0.25, 0.3) is 0 Å². The maximum absolute atomic E-state index is 12.0. The van der Waals surface area contributed by atoms with Crippen LogP contribution in [-0.4, -0.2) is 24.0 Å². The zero-order valence-corrected chi connectivity index (χ0v) is 11.0. The Morgan fingerprint density at radius 3 is 2.62 bits per heavy atom. The van der Waals surface area contributed by atoms with Gasteiger partial charge in [0.15, 0.2) is 0 Å². The van der Waals surface area contributed by atoms with E-state index in [2.05, 4.69) is 38.3 Å². The normalized spacial score (nSPS) is 27.8. The van der Waals surface area contributed by atoms with Gasteiger partial charge in [-0.05, 0) is 38.5 Å². The number of amides is 1. The van der Waals surface area contributed by atoms with E-state index in [1.54, 1.807) is 0 Å². The molecular formula is C13H26N2O. The second-order valence-electron chi connectivity index (χ2n) is 5.32. The summed E-state index contributed by atoms with van der Waals surface area (Å²) in [7, 11) is 0. The Labute approximate surface area is 99.4 Å². The minimum atomic E-state index is 0.0246. The van der Waals surface area contributed by atoms with Crippen molar-refractivity contribution in [2.45, 2.75) is 71.5 Å². The molecular weight excluding hydrogens is 200 g/mol. The van der Waals surface area contributed by atoms with Crippen LogP contribution >= 0.6 is 0 Å². The van der Waals surface area contributed by atoms with Gasteiger partial charge in [-0.2, -0.15) is 0 Å². The van der Waals surface area contributed by atoms with Crippen molar-refractivity contribution < 1.29 is 4.79 Å². The number of carbonyl (C=O) groups excluding carboxylic acids is 1. The Bertz CT molecular complexity index is 228. The minimum Gasteiger partial charge on any atom is -0.352 e. The van der Waals surface area contributed by atoms with Gasteiger partial charge in [0.1, 0.15) is 0 Å². The molecule has 3 unspecified atom stereocenters. The summed E-state index contributed by atoms with van der Waals surface area (Å²) in [5.41, 5.74) is 0. The molecule has 1 amide bonds. The smallest absolute Gasteiger partial charge is 0.237 e. The molecule has 0 saturated carbocycles. The molecule has 3 atom stereocenters. The Kier molecular flexibility index (Phi) is 5.26. The number of piperidine rings is 1. The van der Waals surface area contributed by atoms with Crippen molar-refractivity contribution in [3.8, 4) is 0 Å². The molecule has 1 rings (SSSR count). The molecule has 0 aromatic rings. The van der Waals surface area contributed by atoms with Gasteiger partial charge in [-0.3, -0.25) is 4.79 Å². The first-order valence-electron chi connectivity index (χ1n) is 6.61. The molecule has 0 aromatic heterocycles. The van der Waals surface area contributed by atoms with Crippen molar-refractivity contribution in [2.24, 2.45) is 5.92 Å². The van der Waals surface area contributed by atoms with Crippen LogP contribution in [0.15, 0.2) is 0 Å². The quantitative estimate of drug-likeness (QED) is 0.770. The highest BCUT2D eigenvalue weighted by Crippen LogP contribution is 2.13. The van der Waals surface area contributed by atoms with E-state index < -0.39 is 0 Å². The lowest BCUT2D eigenvalue weighted by molar-refractivity contribution is -0.125. The van der Waals surface area contributed by atoms with Crippen molar-refractivity contribution >= 4 is 5.91 Å². The third kappa shape index (κ3) is 3.78. The van der Waals surface area contributed by atoms with E-state index in [0.29, 0.717) is 18.0 Å². The molecule has 3 heteroatoms. The second-order valence-corrected chi connectivity index (χ2v) is 5.32. The van der Waals surface area contributed by atoms with Crippen LogP contribution in [0.3, 0.4) is 0 Å². The number of carbonyl (C=O) groups is 1. The van der Waals surface area contributed by atoms with Crippen molar-refractivity contribution in [1.29, 1.82) is 0 Å². The lowest BCUT2D eigenvalue weighted by Gasteiger charge is -2.30. The van der Waals surface area contributed by atoms with Gasteiger partial charge < -0.3 is 10.6 Å². The van der Waals surface area contributed by atoms with E-state index in [1.807, 2.05) is 0 Å². The predicted octanol–water partition coefficient (Wildman–Crippen LogP) is 2.07. The zero-order chi connectivity index (χ0) is 12.1. The summed E-state index contributed by atoms with van der Waals surface area (Å²) in [5, 5.41) is 6.53. The average Bonchev–Trinajstić information content (AvgIpc) is 2.25. The van der Waals surface area contributed by atoms with Gasteiger partial charge in [0.2, 0.25) is 5.91 Å². The van der Waals surface area contributed by atoms with Gasteiger partial charge in [-0.15, -0.1) is 0 Å². The Balaban J connectivity index is 2.44. The molecule has 1 heterocycles. The van der Waals surface area contributed by atoms with Crippen LogP contribution in [0.5, 0.6) is 0 Å². The van der Waals surface area contributed by atoms with Crippen molar-refractivity contribution in [3.63, 3.8) is 0 Å². The van der Waals surface area contributed by atoms with E-state index in [0.717, 1.165) is 19.3 Å². The number of nitrogens with one attached hydrogen (secondary N) is 2. The third-order valence-corrected chi connectivity index (χ3v) is 3.50. The van der Waals surface area contributed by atoms with E-state index in [9.17, 15) is 4.79 Å². The highest BCUT2D eigenvalue weighted by molar-refractivity contribution is 5.82. The van der Waals surface area contributed by atoms with Crippen LogP contribution in [-0.2, 0) is 4.79 Å². The van der Waals surface area contributed by atoms with Gasteiger partial charge in [0.05, 0.1) is 6.04 Å². The van der Waals surface area contributed by atoms with Crippen LogP contribution in [0.2, 0.25) is 0 Å². The average molecular weight is 226 g/mol. The molecule has 1 saturated heterocycles. The van der Waals surface area contributed by atoms with Crippen molar-refractivity contribution in [2.75, 3.05) is 0 Å². The molecule has 0 bridgehead atoms. The maximum atomic E-state index is 12.0. The molecule has 3 nitrogen and oxygen atoms in total. The first-order valence-corrected chi connectivity index (χ1v) is 6.61. The molecule has 16 heavy (non-hydrogen) atoms. The molecule has 1 aliphatic heterocycles. The lowest BCUT2D eigenvalue weighted by Crippen LogP contribution is -2.53. The van der Waals surface area contributed by atoms with Crippen LogP contribution in [0, 0.1) is 5.92 Å². The summed E-state index contributed by atoms with van der Waals surface area (Å²) in [4.78, 5) is 12.0. The third-order valence-electron chi connectivity index (χ3n) is 3.50. The van der Waals surface area contributed by atoms with E-state index in [4.69, 9.17) is 0 Å². The van der Waals surface area contributed by atoms with Crippen molar-refractivity contribution in [1.82, 2.24) is 10.6 Å². The van der Waals surface area contributed by atoms with Gasteiger partial charge in [0.25, 0.3) is 0 Å². The van der Waals surface area contributed by atoms with Crippen LogP contribution < -0.4 is 10.6 Å². The molecule has 0 spiro atoms. The molecule has 0 radical (unpaired) electrons. The van der Waals surface area contributed by atoms with Crippen LogP contribution in [0.1, 0.15) is 53.4 Å². The molecule has 94 valence electrons. The summed E-state index contributed by atoms with van der Waals surface area (Å²) in [5.74, 6) is 0.696. The Morgan fingerprint density at radius 2 is 2.12 bits per heavy atom. The zero-order valence-electron chi connectivity index (χ0n) is 11.0. The van der Waals surface area contributed by atoms with E-state index >= 15 is 0 Å². The number of rotatable bonds is 4.